The molecular weight excluding hydrogens is 312 g/mol. The second kappa shape index (κ2) is 5.99. The van der Waals surface area contributed by atoms with Gasteiger partial charge in [-0.2, -0.15) is 0 Å². The fraction of sp³-hybridized carbons (Fsp3) is 0.250. The maximum absolute atomic E-state index is 12.2. The second-order valence-corrected chi connectivity index (χ2v) is 5.47. The molecule has 0 unspecified atom stereocenters. The summed E-state index contributed by atoms with van der Waals surface area (Å²) in [5.41, 5.74) is -0.484. The number of hydrogen-bond donors (Lipinski definition) is 2. The lowest BCUT2D eigenvalue weighted by atomic mass is 10.0. The van der Waals surface area contributed by atoms with Crippen LogP contribution in [0.5, 0.6) is 0 Å². The molecule has 24 heavy (non-hydrogen) atoms. The molecule has 2 N–H and O–H groups in total. The van der Waals surface area contributed by atoms with Crippen molar-refractivity contribution < 1.29 is 10.2 Å². The smallest absolute Gasteiger partial charge is 0.332 e. The van der Waals surface area contributed by atoms with E-state index in [2.05, 4.69) is 9.97 Å². The number of rotatable bonds is 3. The van der Waals surface area contributed by atoms with Gasteiger partial charge in [-0.3, -0.25) is 13.9 Å². The summed E-state index contributed by atoms with van der Waals surface area (Å²) in [4.78, 5) is 32.3. The van der Waals surface area contributed by atoms with E-state index in [0.717, 1.165) is 4.57 Å². The normalized spacial score (nSPS) is 13.8. The molecule has 0 bridgehead atoms. The Morgan fingerprint density at radius 2 is 1.67 bits per heavy atom. The van der Waals surface area contributed by atoms with Crippen LogP contribution in [0.1, 0.15) is 23.5 Å². The standard InChI is InChI=1S/C16H16N4O4/c1-19-14-11(15(23)20(2)16(19)24)18-10(8-17-14)13(22)12(21)9-6-4-3-5-7-9/h3-8,12-13,21-22H,1-2H3/t12-,13-/m0/s1. The first-order chi connectivity index (χ1) is 11.4. The fourth-order valence-electron chi connectivity index (χ4n) is 2.48. The first kappa shape index (κ1) is 16.0. The van der Waals surface area contributed by atoms with Gasteiger partial charge in [-0.05, 0) is 5.56 Å². The number of fused-ring (bicyclic) bond motifs is 1. The Labute approximate surface area is 136 Å². The van der Waals surface area contributed by atoms with Gasteiger partial charge >= 0.3 is 5.69 Å². The zero-order chi connectivity index (χ0) is 17.4. The number of benzene rings is 1. The highest BCUT2D eigenvalue weighted by molar-refractivity contribution is 5.68. The van der Waals surface area contributed by atoms with Gasteiger partial charge in [0.2, 0.25) is 0 Å². The zero-order valence-corrected chi connectivity index (χ0v) is 13.1. The summed E-state index contributed by atoms with van der Waals surface area (Å²) in [5, 5.41) is 20.6. The van der Waals surface area contributed by atoms with E-state index in [1.165, 1.54) is 24.9 Å². The molecule has 0 saturated carbocycles. The molecule has 124 valence electrons. The highest BCUT2D eigenvalue weighted by Gasteiger charge is 2.23. The van der Waals surface area contributed by atoms with E-state index in [0.29, 0.717) is 5.56 Å². The van der Waals surface area contributed by atoms with Crippen LogP contribution in [-0.2, 0) is 14.1 Å². The molecule has 0 aliphatic carbocycles. The molecule has 8 heteroatoms. The Morgan fingerprint density at radius 3 is 2.33 bits per heavy atom. The van der Waals surface area contributed by atoms with Gasteiger partial charge in [0.25, 0.3) is 5.56 Å². The van der Waals surface area contributed by atoms with Crippen molar-refractivity contribution in [2.24, 2.45) is 14.1 Å². The summed E-state index contributed by atoms with van der Waals surface area (Å²) in [6.45, 7) is 0. The molecule has 0 aliphatic heterocycles. The fourth-order valence-corrected chi connectivity index (χ4v) is 2.48. The lowest BCUT2D eigenvalue weighted by Crippen LogP contribution is -2.38. The van der Waals surface area contributed by atoms with E-state index < -0.39 is 23.5 Å². The monoisotopic (exact) mass is 328 g/mol. The molecule has 3 aromatic rings. The number of aromatic nitrogens is 4. The zero-order valence-electron chi connectivity index (χ0n) is 13.1. The Morgan fingerprint density at radius 1 is 1.00 bits per heavy atom. The summed E-state index contributed by atoms with van der Waals surface area (Å²) in [7, 11) is 2.82. The number of aliphatic hydroxyl groups excluding tert-OH is 2. The van der Waals surface area contributed by atoms with Gasteiger partial charge < -0.3 is 10.2 Å². The molecule has 2 aromatic heterocycles. The van der Waals surface area contributed by atoms with Crippen LogP contribution in [0.4, 0.5) is 0 Å². The first-order valence-corrected chi connectivity index (χ1v) is 7.25. The molecule has 8 nitrogen and oxygen atoms in total. The minimum absolute atomic E-state index is 0.0450. The average Bonchev–Trinajstić information content (AvgIpc) is 2.63. The third-order valence-corrected chi connectivity index (χ3v) is 3.91. The van der Waals surface area contributed by atoms with Crippen LogP contribution in [-0.4, -0.2) is 29.3 Å². The minimum atomic E-state index is -1.36. The van der Waals surface area contributed by atoms with E-state index in [1.54, 1.807) is 30.3 Å². The van der Waals surface area contributed by atoms with E-state index in [1.807, 2.05) is 0 Å². The van der Waals surface area contributed by atoms with Crippen LogP contribution in [0.25, 0.3) is 11.2 Å². The van der Waals surface area contributed by atoms with Crippen LogP contribution in [0, 0.1) is 0 Å². The molecular formula is C16H16N4O4. The summed E-state index contributed by atoms with van der Waals surface area (Å²) < 4.78 is 2.12. The molecule has 0 saturated heterocycles. The van der Waals surface area contributed by atoms with E-state index >= 15 is 0 Å². The third-order valence-electron chi connectivity index (χ3n) is 3.91. The Bertz CT molecular complexity index is 1010. The van der Waals surface area contributed by atoms with Crippen molar-refractivity contribution in [3.63, 3.8) is 0 Å². The van der Waals surface area contributed by atoms with Gasteiger partial charge in [0.1, 0.15) is 12.2 Å². The molecule has 0 radical (unpaired) electrons. The van der Waals surface area contributed by atoms with Crippen LogP contribution in [0.15, 0.2) is 46.1 Å². The lowest BCUT2D eigenvalue weighted by Gasteiger charge is -2.18. The number of hydrogen-bond acceptors (Lipinski definition) is 6. The molecule has 3 rings (SSSR count). The highest BCUT2D eigenvalue weighted by Crippen LogP contribution is 2.27. The van der Waals surface area contributed by atoms with Crippen molar-refractivity contribution in [2.45, 2.75) is 12.2 Å². The Kier molecular flexibility index (Phi) is 4.00. The molecule has 2 atom stereocenters. The van der Waals surface area contributed by atoms with Crippen molar-refractivity contribution in [1.29, 1.82) is 0 Å². The summed E-state index contributed by atoms with van der Waals surface area (Å²) >= 11 is 0. The molecule has 0 aliphatic rings. The number of aryl methyl sites for hydroxylation is 1. The SMILES string of the molecule is Cn1c(=O)c2nc([C@H](O)[C@@H](O)c3ccccc3)cnc2n(C)c1=O. The molecule has 0 fully saturated rings. The number of nitrogens with zero attached hydrogens (tertiary/aromatic N) is 4. The minimum Gasteiger partial charge on any atom is -0.385 e. The predicted octanol–water partition coefficient (Wildman–Crippen LogP) is -0.206. The van der Waals surface area contributed by atoms with E-state index in [-0.39, 0.29) is 16.9 Å². The van der Waals surface area contributed by atoms with Gasteiger partial charge in [0, 0.05) is 14.1 Å². The lowest BCUT2D eigenvalue weighted by molar-refractivity contribution is 0.0146. The molecule has 1 aromatic carbocycles. The van der Waals surface area contributed by atoms with E-state index in [4.69, 9.17) is 0 Å². The van der Waals surface area contributed by atoms with Crippen LogP contribution in [0.3, 0.4) is 0 Å². The maximum Gasteiger partial charge on any atom is 0.332 e. The third kappa shape index (κ3) is 2.51. The van der Waals surface area contributed by atoms with Gasteiger partial charge in [0.15, 0.2) is 11.2 Å². The summed E-state index contributed by atoms with van der Waals surface area (Å²) in [6.07, 6.45) is -1.32. The van der Waals surface area contributed by atoms with Crippen molar-refractivity contribution in [3.05, 3.63) is 68.6 Å². The first-order valence-electron chi connectivity index (χ1n) is 7.25. The van der Waals surface area contributed by atoms with E-state index in [9.17, 15) is 19.8 Å². The second-order valence-electron chi connectivity index (χ2n) is 5.47. The van der Waals surface area contributed by atoms with Crippen LogP contribution in [0.2, 0.25) is 0 Å². The van der Waals surface area contributed by atoms with Crippen LogP contribution >= 0.6 is 0 Å². The van der Waals surface area contributed by atoms with Crippen molar-refractivity contribution in [3.8, 4) is 0 Å². The van der Waals surface area contributed by atoms with Gasteiger partial charge in [-0.25, -0.2) is 14.8 Å². The quantitative estimate of drug-likeness (QED) is 0.688. The van der Waals surface area contributed by atoms with Crippen LogP contribution < -0.4 is 11.2 Å². The molecule has 2 heterocycles. The van der Waals surface area contributed by atoms with Crippen molar-refractivity contribution in [1.82, 2.24) is 19.1 Å². The van der Waals surface area contributed by atoms with Crippen molar-refractivity contribution in [2.75, 3.05) is 0 Å². The van der Waals surface area contributed by atoms with Gasteiger partial charge in [-0.1, -0.05) is 30.3 Å². The Balaban J connectivity index is 2.11. The summed E-state index contributed by atoms with van der Waals surface area (Å²) in [5.74, 6) is 0. The summed E-state index contributed by atoms with van der Waals surface area (Å²) in [6, 6.07) is 8.62. The Hall–Kier alpha value is -2.84. The molecule has 0 spiro atoms. The molecule has 0 amide bonds. The predicted molar refractivity (Wildman–Crippen MR) is 86.4 cm³/mol. The van der Waals surface area contributed by atoms with Gasteiger partial charge in [0.05, 0.1) is 11.9 Å². The number of aliphatic hydroxyl groups is 2. The topological polar surface area (TPSA) is 110 Å². The maximum atomic E-state index is 12.2. The average molecular weight is 328 g/mol. The highest BCUT2D eigenvalue weighted by atomic mass is 16.3. The largest absolute Gasteiger partial charge is 0.385 e. The van der Waals surface area contributed by atoms with Crippen molar-refractivity contribution >= 4 is 11.2 Å². The van der Waals surface area contributed by atoms with Gasteiger partial charge in [-0.15, -0.1) is 0 Å².